The fraction of sp³-hybridized carbons (Fsp3) is 0.308. The van der Waals surface area contributed by atoms with E-state index in [9.17, 15) is 9.90 Å². The molecule has 11 heteroatoms. The lowest BCUT2D eigenvalue weighted by molar-refractivity contribution is 0.0688. The van der Waals surface area contributed by atoms with E-state index in [0.717, 1.165) is 5.56 Å². The Kier molecular flexibility index (Phi) is 9.09. The maximum Gasteiger partial charge on any atom is 0.257 e. The average molecular weight is 507 g/mol. The number of hydrogen-bond acceptors (Lipinski definition) is 6. The highest BCUT2D eigenvalue weighted by molar-refractivity contribution is 6.39. The summed E-state index contributed by atoms with van der Waals surface area (Å²) in [6, 6.07) is 6.28. The van der Waals surface area contributed by atoms with E-state index in [1.54, 1.807) is 47.7 Å². The van der Waals surface area contributed by atoms with Gasteiger partial charge in [0.25, 0.3) is 5.91 Å². The standard InChI is InChI=1S/C26H34N8O3/c1-4-6-10-30-26(29)34-13-11-33(12-14-34)25(36)18-8-7-9-20(22(18)35)32-24(28)23(27)31-19(5-2)21-15-17(3)16-37-21/h4,6-10,15-16,19,35H,1,5,11-14H2,2-3H3,(H2,27,31)(H2,28,32)(H2,29,30)/b10-6-/t19-/m1/s1. The number of phenolic OH excluding ortho intramolecular Hbond substituents is 1. The number of furan rings is 1. The third kappa shape index (κ3) is 6.78. The van der Waals surface area contributed by atoms with E-state index >= 15 is 0 Å². The molecule has 1 atom stereocenters. The van der Waals surface area contributed by atoms with Gasteiger partial charge in [-0.3, -0.25) is 9.79 Å². The molecule has 1 aliphatic rings. The minimum atomic E-state index is -0.323. The van der Waals surface area contributed by atoms with E-state index < -0.39 is 0 Å². The number of hydrogen-bond donors (Lipinski definition) is 4. The van der Waals surface area contributed by atoms with Gasteiger partial charge in [0.1, 0.15) is 17.5 Å². The van der Waals surface area contributed by atoms with Crippen molar-refractivity contribution in [2.24, 2.45) is 32.2 Å². The molecule has 196 valence electrons. The number of carbonyl (C=O) groups excluding carboxylic acids is 1. The zero-order valence-corrected chi connectivity index (χ0v) is 21.2. The van der Waals surface area contributed by atoms with Crippen LogP contribution in [0.15, 0.2) is 74.9 Å². The lowest BCUT2D eigenvalue weighted by atomic mass is 10.1. The first-order valence-electron chi connectivity index (χ1n) is 11.9. The largest absolute Gasteiger partial charge is 0.505 e. The molecule has 1 aliphatic heterocycles. The van der Waals surface area contributed by atoms with E-state index in [-0.39, 0.29) is 40.6 Å². The second kappa shape index (κ2) is 12.4. The summed E-state index contributed by atoms with van der Waals surface area (Å²) in [7, 11) is 0. The van der Waals surface area contributed by atoms with Gasteiger partial charge in [-0.1, -0.05) is 25.6 Å². The van der Waals surface area contributed by atoms with Crippen LogP contribution in [0.4, 0.5) is 5.69 Å². The fourth-order valence-electron chi connectivity index (χ4n) is 3.77. The van der Waals surface area contributed by atoms with E-state index in [2.05, 4.69) is 21.6 Å². The molecule has 37 heavy (non-hydrogen) atoms. The SMILES string of the molecule is C=C/C=C\N=C(N)N1CCN(C(=O)c2cccc(N=C(N)C(N)=N[C@H](CC)c3cc(C)co3)c2O)CC1. The number of aryl methyl sites for hydroxylation is 1. The molecule has 1 aromatic carbocycles. The van der Waals surface area contributed by atoms with Gasteiger partial charge in [0.05, 0.1) is 11.8 Å². The number of piperazine rings is 1. The molecular weight excluding hydrogens is 472 g/mol. The molecule has 2 heterocycles. The number of nitrogens with zero attached hydrogens (tertiary/aromatic N) is 5. The van der Waals surface area contributed by atoms with Gasteiger partial charge < -0.3 is 36.5 Å². The van der Waals surface area contributed by atoms with Gasteiger partial charge in [-0.25, -0.2) is 9.98 Å². The van der Waals surface area contributed by atoms with Gasteiger partial charge in [0.15, 0.2) is 23.4 Å². The molecule has 7 N–H and O–H groups in total. The molecule has 1 fully saturated rings. The first kappa shape index (κ1) is 27.1. The van der Waals surface area contributed by atoms with Crippen molar-refractivity contribution >= 4 is 29.2 Å². The van der Waals surface area contributed by atoms with E-state index in [0.29, 0.717) is 44.3 Å². The van der Waals surface area contributed by atoms with Crippen LogP contribution in [0.3, 0.4) is 0 Å². The number of allylic oxidation sites excluding steroid dienone is 2. The Morgan fingerprint density at radius 2 is 1.89 bits per heavy atom. The van der Waals surface area contributed by atoms with Crippen LogP contribution >= 0.6 is 0 Å². The highest BCUT2D eigenvalue weighted by Gasteiger charge is 2.25. The Bertz CT molecular complexity index is 1240. The third-order valence-electron chi connectivity index (χ3n) is 5.83. The quantitative estimate of drug-likeness (QED) is 0.254. The number of aliphatic imine (C=N–C) groups is 3. The third-order valence-corrected chi connectivity index (χ3v) is 5.83. The molecule has 0 bridgehead atoms. The first-order valence-corrected chi connectivity index (χ1v) is 11.9. The normalized spacial score (nSPS) is 16.3. The summed E-state index contributed by atoms with van der Waals surface area (Å²) in [5.74, 6) is 0.371. The number of phenols is 1. The number of carbonyl (C=O) groups is 1. The molecule has 0 spiro atoms. The summed E-state index contributed by atoms with van der Waals surface area (Å²) in [6.07, 6.45) is 7.14. The Labute approximate surface area is 216 Å². The number of para-hydroxylation sites is 1. The lowest BCUT2D eigenvalue weighted by Gasteiger charge is -2.35. The van der Waals surface area contributed by atoms with Crippen LogP contribution < -0.4 is 17.2 Å². The summed E-state index contributed by atoms with van der Waals surface area (Å²) in [6.45, 7) is 9.31. The Morgan fingerprint density at radius 3 is 2.51 bits per heavy atom. The topological polar surface area (TPSA) is 172 Å². The molecule has 1 amide bonds. The molecule has 1 saturated heterocycles. The van der Waals surface area contributed by atoms with Crippen LogP contribution in [0, 0.1) is 6.92 Å². The van der Waals surface area contributed by atoms with Crippen molar-refractivity contribution in [2.75, 3.05) is 26.2 Å². The number of nitrogens with two attached hydrogens (primary N) is 3. The van der Waals surface area contributed by atoms with Crippen LogP contribution in [0.1, 0.15) is 41.1 Å². The van der Waals surface area contributed by atoms with Gasteiger partial charge in [0, 0.05) is 32.4 Å². The van der Waals surface area contributed by atoms with Gasteiger partial charge in [-0.15, -0.1) is 0 Å². The van der Waals surface area contributed by atoms with Crippen molar-refractivity contribution in [2.45, 2.75) is 26.3 Å². The van der Waals surface area contributed by atoms with Crippen molar-refractivity contribution < 1.29 is 14.3 Å². The van der Waals surface area contributed by atoms with Gasteiger partial charge in [0.2, 0.25) is 0 Å². The number of rotatable bonds is 7. The highest BCUT2D eigenvalue weighted by atomic mass is 16.3. The smallest absolute Gasteiger partial charge is 0.257 e. The molecule has 0 aliphatic carbocycles. The van der Waals surface area contributed by atoms with Gasteiger partial charge in [-0.05, 0) is 43.2 Å². The van der Waals surface area contributed by atoms with Crippen molar-refractivity contribution in [1.29, 1.82) is 0 Å². The van der Waals surface area contributed by atoms with Crippen molar-refractivity contribution in [3.63, 3.8) is 0 Å². The van der Waals surface area contributed by atoms with Crippen molar-refractivity contribution in [3.05, 3.63) is 72.3 Å². The number of benzene rings is 1. The van der Waals surface area contributed by atoms with Gasteiger partial charge >= 0.3 is 0 Å². The Morgan fingerprint density at radius 1 is 1.19 bits per heavy atom. The maximum absolute atomic E-state index is 13.1. The van der Waals surface area contributed by atoms with E-state index in [4.69, 9.17) is 21.6 Å². The predicted octanol–water partition coefficient (Wildman–Crippen LogP) is 2.56. The van der Waals surface area contributed by atoms with Crippen LogP contribution in [-0.4, -0.2) is 64.6 Å². The minimum Gasteiger partial charge on any atom is -0.505 e. The molecule has 1 aromatic heterocycles. The second-order valence-electron chi connectivity index (χ2n) is 8.48. The fourth-order valence-corrected chi connectivity index (χ4v) is 3.77. The van der Waals surface area contributed by atoms with Crippen molar-refractivity contribution in [1.82, 2.24) is 9.80 Å². The highest BCUT2D eigenvalue weighted by Crippen LogP contribution is 2.31. The summed E-state index contributed by atoms with van der Waals surface area (Å²) in [4.78, 5) is 29.5. The monoisotopic (exact) mass is 506 g/mol. The summed E-state index contributed by atoms with van der Waals surface area (Å²) in [5, 5.41) is 10.8. The number of amides is 1. The number of aromatic hydroxyl groups is 1. The first-order chi connectivity index (χ1) is 17.7. The summed E-state index contributed by atoms with van der Waals surface area (Å²) < 4.78 is 5.53. The molecule has 0 radical (unpaired) electrons. The second-order valence-corrected chi connectivity index (χ2v) is 8.48. The van der Waals surface area contributed by atoms with E-state index in [1.165, 1.54) is 0 Å². The number of guanidine groups is 1. The van der Waals surface area contributed by atoms with Crippen LogP contribution in [0.25, 0.3) is 0 Å². The van der Waals surface area contributed by atoms with Crippen LogP contribution in [-0.2, 0) is 0 Å². The molecule has 0 saturated carbocycles. The molecule has 2 aromatic rings. The molecule has 3 rings (SSSR count). The summed E-state index contributed by atoms with van der Waals surface area (Å²) >= 11 is 0. The zero-order valence-electron chi connectivity index (χ0n) is 21.2. The van der Waals surface area contributed by atoms with Crippen LogP contribution in [0.2, 0.25) is 0 Å². The Hall–Kier alpha value is -4.54. The van der Waals surface area contributed by atoms with Gasteiger partial charge in [-0.2, -0.15) is 0 Å². The lowest BCUT2D eigenvalue weighted by Crippen LogP contribution is -2.52. The molecule has 0 unspecified atom stereocenters. The van der Waals surface area contributed by atoms with Crippen LogP contribution in [0.5, 0.6) is 5.75 Å². The predicted molar refractivity (Wildman–Crippen MR) is 146 cm³/mol. The Balaban J connectivity index is 1.73. The molecular formula is C26H34N8O3. The minimum absolute atomic E-state index is 0.00958. The number of amidine groups is 2. The average Bonchev–Trinajstić information content (AvgIpc) is 3.34. The van der Waals surface area contributed by atoms with Crippen molar-refractivity contribution in [3.8, 4) is 5.75 Å². The zero-order chi connectivity index (χ0) is 26.9. The van der Waals surface area contributed by atoms with E-state index in [1.807, 2.05) is 24.8 Å². The summed E-state index contributed by atoms with van der Waals surface area (Å²) in [5.41, 5.74) is 19.4. The maximum atomic E-state index is 13.1. The molecule has 11 nitrogen and oxygen atoms in total.